The molecule has 0 unspecified atom stereocenters. The first-order valence-corrected chi connectivity index (χ1v) is 9.51. The lowest BCUT2D eigenvalue weighted by molar-refractivity contribution is -0.272. The summed E-state index contributed by atoms with van der Waals surface area (Å²) in [7, 11) is 1.02. The fourth-order valence-corrected chi connectivity index (χ4v) is 3.80. The Labute approximate surface area is 184 Å². The Hall–Kier alpha value is -3.35. The monoisotopic (exact) mass is 474 g/mol. The summed E-state index contributed by atoms with van der Waals surface area (Å²) >= 11 is 0. The number of carbonyl (C=O) groups excluding carboxylic acids is 2. The molecule has 33 heavy (non-hydrogen) atoms. The third-order valence-corrected chi connectivity index (χ3v) is 5.74. The minimum atomic E-state index is -4.90. The average molecular weight is 474 g/mol. The number of nitrogens with zero attached hydrogens (tertiary/aromatic N) is 2. The highest BCUT2D eigenvalue weighted by atomic mass is 19.4. The van der Waals surface area contributed by atoms with Gasteiger partial charge in [-0.2, -0.15) is 17.6 Å². The molecule has 2 amide bonds. The van der Waals surface area contributed by atoms with Gasteiger partial charge in [0, 0.05) is 23.5 Å². The van der Waals surface area contributed by atoms with Crippen molar-refractivity contribution < 1.29 is 41.0 Å². The van der Waals surface area contributed by atoms with Crippen LogP contribution in [-0.2, 0) is 9.53 Å². The average Bonchev–Trinajstić information content (AvgIpc) is 3.02. The Morgan fingerprint density at radius 1 is 1.24 bits per heavy atom. The number of ether oxygens (including phenoxy) is 2. The molecule has 1 aromatic heterocycles. The van der Waals surface area contributed by atoms with E-state index >= 15 is 0 Å². The maximum absolute atomic E-state index is 14.3. The number of methoxy groups -OCH3 is 1. The van der Waals surface area contributed by atoms with Crippen LogP contribution in [0.1, 0.15) is 35.8 Å². The number of primary amides is 1. The number of carbonyl (C=O) groups is 2. The van der Waals surface area contributed by atoms with Gasteiger partial charge >= 0.3 is 6.18 Å². The lowest BCUT2D eigenvalue weighted by Crippen LogP contribution is -2.47. The number of halogens is 5. The van der Waals surface area contributed by atoms with Gasteiger partial charge in [-0.1, -0.05) is 13.0 Å². The van der Waals surface area contributed by atoms with E-state index in [2.05, 4.69) is 15.3 Å². The lowest BCUT2D eigenvalue weighted by atomic mass is 9.77. The summed E-state index contributed by atoms with van der Waals surface area (Å²) in [5.74, 6) is -8.36. The summed E-state index contributed by atoms with van der Waals surface area (Å²) in [6.07, 6.45) is -5.79. The quantitative estimate of drug-likeness (QED) is 0.644. The van der Waals surface area contributed by atoms with Crippen LogP contribution < -0.4 is 15.8 Å². The lowest BCUT2D eigenvalue weighted by Gasteiger charge is -2.32. The van der Waals surface area contributed by atoms with Crippen LogP contribution >= 0.6 is 0 Å². The van der Waals surface area contributed by atoms with Crippen molar-refractivity contribution in [3.05, 3.63) is 47.4 Å². The Morgan fingerprint density at radius 2 is 1.91 bits per heavy atom. The molecule has 0 bridgehead atoms. The van der Waals surface area contributed by atoms with E-state index in [0.717, 1.165) is 38.6 Å². The molecule has 4 atom stereocenters. The maximum atomic E-state index is 14.3. The fourth-order valence-electron chi connectivity index (χ4n) is 3.80. The molecule has 1 fully saturated rings. The van der Waals surface area contributed by atoms with Crippen LogP contribution in [0.2, 0.25) is 0 Å². The molecule has 2 aromatic rings. The highest BCUT2D eigenvalue weighted by molar-refractivity contribution is 5.96. The highest BCUT2D eigenvalue weighted by Crippen LogP contribution is 2.54. The van der Waals surface area contributed by atoms with Crippen molar-refractivity contribution in [2.75, 3.05) is 12.4 Å². The third-order valence-electron chi connectivity index (χ3n) is 5.74. The molecule has 1 aliphatic heterocycles. The molecule has 2 heterocycles. The van der Waals surface area contributed by atoms with Gasteiger partial charge in [-0.3, -0.25) is 9.59 Å². The molecule has 0 saturated carbocycles. The minimum absolute atomic E-state index is 0.183. The summed E-state index contributed by atoms with van der Waals surface area (Å²) in [5, 5.41) is 2.25. The Kier molecular flexibility index (Phi) is 6.29. The second-order valence-corrected chi connectivity index (χ2v) is 7.58. The van der Waals surface area contributed by atoms with E-state index in [1.807, 2.05) is 0 Å². The van der Waals surface area contributed by atoms with E-state index in [-0.39, 0.29) is 17.1 Å². The van der Waals surface area contributed by atoms with Gasteiger partial charge in [0.1, 0.15) is 23.9 Å². The van der Waals surface area contributed by atoms with Gasteiger partial charge in [0.2, 0.25) is 5.82 Å². The largest absolute Gasteiger partial charge is 0.493 e. The Balaban J connectivity index is 2.07. The number of nitrogens with one attached hydrogen (secondary N) is 1. The number of benzene rings is 1. The first-order chi connectivity index (χ1) is 15.3. The summed E-state index contributed by atoms with van der Waals surface area (Å²) in [6, 6.07) is 2.79. The normalized spacial score (nSPS) is 25.0. The summed E-state index contributed by atoms with van der Waals surface area (Å²) in [5.41, 5.74) is 1.88. The summed E-state index contributed by atoms with van der Waals surface area (Å²) in [4.78, 5) is 31.6. The molecular formula is C20H19F5N4O4. The van der Waals surface area contributed by atoms with Crippen molar-refractivity contribution >= 4 is 17.6 Å². The molecule has 0 spiro atoms. The highest BCUT2D eigenvalue weighted by Gasteiger charge is 2.65. The van der Waals surface area contributed by atoms with E-state index in [9.17, 15) is 31.5 Å². The SMILES string of the molecule is COc1c([C@H]2[C@@H](C(=O)Nc3cc(C(N)=O)ncn3)O[C@@](C)(C(F)(F)F)[C@@H]2C)ccc(F)c1F. The van der Waals surface area contributed by atoms with Crippen LogP contribution in [-0.4, -0.2) is 46.8 Å². The molecule has 0 radical (unpaired) electrons. The van der Waals surface area contributed by atoms with Gasteiger partial charge < -0.3 is 20.5 Å². The number of aromatic nitrogens is 2. The van der Waals surface area contributed by atoms with Crippen molar-refractivity contribution in [2.24, 2.45) is 11.7 Å². The molecule has 13 heteroatoms. The smallest absolute Gasteiger partial charge is 0.417 e. The molecule has 1 aliphatic rings. The van der Waals surface area contributed by atoms with Crippen molar-refractivity contribution in [2.45, 2.75) is 37.6 Å². The van der Waals surface area contributed by atoms with Crippen molar-refractivity contribution in [1.82, 2.24) is 9.97 Å². The van der Waals surface area contributed by atoms with E-state index in [1.165, 1.54) is 6.92 Å². The number of alkyl halides is 3. The van der Waals surface area contributed by atoms with Gasteiger partial charge in [-0.25, -0.2) is 14.4 Å². The number of hydrogen-bond acceptors (Lipinski definition) is 6. The molecule has 0 aliphatic carbocycles. The molecule has 3 N–H and O–H groups in total. The van der Waals surface area contributed by atoms with Gasteiger partial charge in [-0.15, -0.1) is 0 Å². The molecule has 3 rings (SSSR count). The van der Waals surface area contributed by atoms with Crippen LogP contribution in [0.25, 0.3) is 0 Å². The summed E-state index contributed by atoms with van der Waals surface area (Å²) in [6.45, 7) is 1.95. The predicted molar refractivity (Wildman–Crippen MR) is 103 cm³/mol. The fraction of sp³-hybridized carbons (Fsp3) is 0.400. The van der Waals surface area contributed by atoms with Crippen LogP contribution in [0.5, 0.6) is 5.75 Å². The summed E-state index contributed by atoms with van der Waals surface area (Å²) < 4.78 is 80.0. The second kappa shape index (κ2) is 8.54. The van der Waals surface area contributed by atoms with Crippen LogP contribution in [0.3, 0.4) is 0 Å². The zero-order valence-corrected chi connectivity index (χ0v) is 17.5. The number of amides is 2. The van der Waals surface area contributed by atoms with Gasteiger partial charge in [0.25, 0.3) is 11.8 Å². The van der Waals surface area contributed by atoms with Crippen LogP contribution in [0, 0.1) is 17.6 Å². The molecule has 1 saturated heterocycles. The molecule has 8 nitrogen and oxygen atoms in total. The van der Waals surface area contributed by atoms with E-state index < -0.39 is 58.9 Å². The van der Waals surface area contributed by atoms with Crippen LogP contribution in [0.15, 0.2) is 24.5 Å². The number of nitrogens with two attached hydrogens (primary N) is 1. The van der Waals surface area contributed by atoms with Gasteiger partial charge in [-0.05, 0) is 13.0 Å². The topological polar surface area (TPSA) is 116 Å². The molecular weight excluding hydrogens is 455 g/mol. The molecule has 178 valence electrons. The maximum Gasteiger partial charge on any atom is 0.417 e. The zero-order valence-electron chi connectivity index (χ0n) is 17.5. The van der Waals surface area contributed by atoms with Gasteiger partial charge in [0.15, 0.2) is 17.2 Å². The number of anilines is 1. The van der Waals surface area contributed by atoms with E-state index in [1.54, 1.807) is 0 Å². The standard InChI is InChI=1S/C20H19F5N4O4/c1-8-13(9-4-5-10(21)14(22)15(9)32-3)16(33-19(8,2)20(23,24)25)18(31)29-12-6-11(17(26)30)27-7-28-12/h4-8,13,16H,1-3H3,(H2,26,30)(H,27,28,29,31)/t8-,13+,16+,19-/m1/s1. The third kappa shape index (κ3) is 4.19. The zero-order chi connectivity index (χ0) is 24.7. The second-order valence-electron chi connectivity index (χ2n) is 7.58. The number of rotatable bonds is 5. The van der Waals surface area contributed by atoms with Crippen molar-refractivity contribution in [1.29, 1.82) is 0 Å². The Morgan fingerprint density at radius 3 is 2.48 bits per heavy atom. The van der Waals surface area contributed by atoms with Crippen molar-refractivity contribution in [3.8, 4) is 5.75 Å². The van der Waals surface area contributed by atoms with Gasteiger partial charge in [0.05, 0.1) is 7.11 Å². The van der Waals surface area contributed by atoms with Crippen LogP contribution in [0.4, 0.5) is 27.8 Å². The first kappa shape index (κ1) is 24.3. The first-order valence-electron chi connectivity index (χ1n) is 9.51. The predicted octanol–water partition coefficient (Wildman–Crippen LogP) is 2.94. The number of hydrogen-bond donors (Lipinski definition) is 2. The minimum Gasteiger partial charge on any atom is -0.493 e. The van der Waals surface area contributed by atoms with E-state index in [4.69, 9.17) is 15.2 Å². The van der Waals surface area contributed by atoms with E-state index in [0.29, 0.717) is 0 Å². The van der Waals surface area contributed by atoms with Crippen molar-refractivity contribution in [3.63, 3.8) is 0 Å². The molecule has 1 aromatic carbocycles. The Bertz CT molecular complexity index is 1100.